The fraction of sp³-hybridized carbons (Fsp3) is 0.600. The molecule has 1 aromatic heterocycles. The van der Waals surface area contributed by atoms with E-state index in [-0.39, 0.29) is 11.5 Å². The average Bonchev–Trinajstić information content (AvgIpc) is 2.89. The topological polar surface area (TPSA) is 63.2 Å². The first-order valence-corrected chi connectivity index (χ1v) is 7.74. The van der Waals surface area contributed by atoms with Gasteiger partial charge >= 0.3 is 0 Å². The molecular formula is C15H22ClN3O2. The van der Waals surface area contributed by atoms with E-state index in [2.05, 4.69) is 22.5 Å². The van der Waals surface area contributed by atoms with Crippen LogP contribution in [0.4, 0.5) is 5.82 Å². The molecule has 0 saturated carbocycles. The van der Waals surface area contributed by atoms with Crippen LogP contribution in [0.3, 0.4) is 0 Å². The Hall–Kier alpha value is -1.33. The average molecular weight is 312 g/mol. The van der Waals surface area contributed by atoms with Gasteiger partial charge in [-0.15, -0.1) is 0 Å². The molecule has 2 rings (SSSR count). The lowest BCUT2D eigenvalue weighted by Gasteiger charge is -2.23. The van der Waals surface area contributed by atoms with Crippen molar-refractivity contribution in [3.05, 3.63) is 22.8 Å². The van der Waals surface area contributed by atoms with Gasteiger partial charge in [-0.25, -0.2) is 4.98 Å². The van der Waals surface area contributed by atoms with E-state index in [1.54, 1.807) is 12.1 Å². The third-order valence-electron chi connectivity index (χ3n) is 3.54. The smallest absolute Gasteiger partial charge is 0.251 e. The molecule has 0 spiro atoms. The number of aromatic nitrogens is 1. The summed E-state index contributed by atoms with van der Waals surface area (Å²) in [7, 11) is 0. The monoisotopic (exact) mass is 311 g/mol. The summed E-state index contributed by atoms with van der Waals surface area (Å²) in [5.41, 5.74) is 0.255. The zero-order chi connectivity index (χ0) is 15.3. The molecule has 2 N–H and O–H groups in total. The minimum Gasteiger partial charge on any atom is -0.373 e. The third kappa shape index (κ3) is 4.58. The quantitative estimate of drug-likeness (QED) is 0.793. The normalized spacial score (nSPS) is 21.3. The van der Waals surface area contributed by atoms with Gasteiger partial charge < -0.3 is 15.4 Å². The van der Waals surface area contributed by atoms with E-state index >= 15 is 0 Å². The van der Waals surface area contributed by atoms with Crippen LogP contribution in [-0.2, 0) is 4.74 Å². The maximum atomic E-state index is 12.2. The van der Waals surface area contributed by atoms with Crippen LogP contribution in [0.1, 0.15) is 43.5 Å². The van der Waals surface area contributed by atoms with Crippen molar-refractivity contribution in [1.29, 1.82) is 0 Å². The molecule has 1 atom stereocenters. The third-order valence-corrected chi connectivity index (χ3v) is 3.73. The van der Waals surface area contributed by atoms with Crippen LogP contribution in [0.25, 0.3) is 0 Å². The summed E-state index contributed by atoms with van der Waals surface area (Å²) < 4.78 is 5.66. The van der Waals surface area contributed by atoms with Crippen molar-refractivity contribution in [3.63, 3.8) is 0 Å². The maximum absolute atomic E-state index is 12.2. The number of amides is 1. The summed E-state index contributed by atoms with van der Waals surface area (Å²) in [6.07, 6.45) is 2.98. The largest absolute Gasteiger partial charge is 0.373 e. The van der Waals surface area contributed by atoms with Gasteiger partial charge in [0.1, 0.15) is 11.0 Å². The van der Waals surface area contributed by atoms with Gasteiger partial charge in [-0.1, -0.05) is 18.5 Å². The molecule has 1 aliphatic rings. The number of carbonyl (C=O) groups excluding carboxylic acids is 1. The van der Waals surface area contributed by atoms with Gasteiger partial charge in [0.25, 0.3) is 5.91 Å². The van der Waals surface area contributed by atoms with Gasteiger partial charge in [0, 0.05) is 25.3 Å². The number of halogens is 1. The number of rotatable bonds is 6. The molecule has 0 radical (unpaired) electrons. The number of nitrogens with zero attached hydrogens (tertiary/aromatic N) is 1. The SMILES string of the molecule is CCCNc1cc(C(=O)NCC2(C)CCCO2)cc(Cl)n1. The van der Waals surface area contributed by atoms with Crippen molar-refractivity contribution in [2.24, 2.45) is 0 Å². The number of pyridine rings is 1. The highest BCUT2D eigenvalue weighted by Crippen LogP contribution is 2.24. The molecule has 1 saturated heterocycles. The molecule has 6 heteroatoms. The molecule has 1 aliphatic heterocycles. The Labute approximate surface area is 130 Å². The number of hydrogen-bond acceptors (Lipinski definition) is 4. The van der Waals surface area contributed by atoms with E-state index in [0.717, 1.165) is 32.4 Å². The van der Waals surface area contributed by atoms with Gasteiger partial charge in [-0.3, -0.25) is 4.79 Å². The summed E-state index contributed by atoms with van der Waals surface area (Å²) in [6.45, 7) is 6.14. The van der Waals surface area contributed by atoms with Gasteiger partial charge in [-0.2, -0.15) is 0 Å². The van der Waals surface area contributed by atoms with Crippen molar-refractivity contribution < 1.29 is 9.53 Å². The van der Waals surface area contributed by atoms with E-state index in [4.69, 9.17) is 16.3 Å². The molecule has 116 valence electrons. The highest BCUT2D eigenvalue weighted by Gasteiger charge is 2.30. The van der Waals surface area contributed by atoms with E-state index in [0.29, 0.717) is 23.1 Å². The van der Waals surface area contributed by atoms with E-state index in [1.165, 1.54) is 0 Å². The standard InChI is InChI=1S/C15H22ClN3O2/c1-3-6-17-13-9-11(8-12(16)19-13)14(20)18-10-15(2)5-4-7-21-15/h8-9H,3-7,10H2,1-2H3,(H,17,19)(H,18,20). The molecule has 1 fully saturated rings. The summed E-state index contributed by atoms with van der Waals surface area (Å²) >= 11 is 5.97. The van der Waals surface area contributed by atoms with E-state index in [1.807, 2.05) is 6.92 Å². The lowest BCUT2D eigenvalue weighted by atomic mass is 10.0. The molecule has 1 unspecified atom stereocenters. The molecule has 0 aromatic carbocycles. The van der Waals surface area contributed by atoms with Crippen molar-refractivity contribution in [1.82, 2.24) is 10.3 Å². The highest BCUT2D eigenvalue weighted by molar-refractivity contribution is 6.29. The fourth-order valence-corrected chi connectivity index (χ4v) is 2.53. The van der Waals surface area contributed by atoms with Crippen LogP contribution in [0.15, 0.2) is 12.1 Å². The molecule has 0 aliphatic carbocycles. The Morgan fingerprint density at radius 1 is 1.52 bits per heavy atom. The molecule has 5 nitrogen and oxygen atoms in total. The molecule has 0 bridgehead atoms. The van der Waals surface area contributed by atoms with E-state index < -0.39 is 0 Å². The first kappa shape index (κ1) is 16.0. The first-order chi connectivity index (χ1) is 10.0. The van der Waals surface area contributed by atoms with Crippen LogP contribution in [0.5, 0.6) is 0 Å². The minimum absolute atomic E-state index is 0.157. The second-order valence-electron chi connectivity index (χ2n) is 5.58. The first-order valence-electron chi connectivity index (χ1n) is 7.36. The van der Waals surface area contributed by atoms with Crippen LogP contribution in [0.2, 0.25) is 5.15 Å². The molecule has 1 aromatic rings. The van der Waals surface area contributed by atoms with Crippen molar-refractivity contribution in [2.45, 2.75) is 38.7 Å². The number of nitrogens with one attached hydrogen (secondary N) is 2. The Balaban J connectivity index is 1.99. The summed E-state index contributed by atoms with van der Waals surface area (Å²) in [5, 5.41) is 6.36. The number of anilines is 1. The molecular weight excluding hydrogens is 290 g/mol. The zero-order valence-electron chi connectivity index (χ0n) is 12.5. The summed E-state index contributed by atoms with van der Waals surface area (Å²) in [4.78, 5) is 16.4. The summed E-state index contributed by atoms with van der Waals surface area (Å²) in [6, 6.07) is 3.29. The van der Waals surface area contributed by atoms with Gasteiger partial charge in [-0.05, 0) is 38.3 Å². The second-order valence-corrected chi connectivity index (χ2v) is 5.96. The minimum atomic E-state index is -0.254. The Kier molecular flexibility index (Phi) is 5.42. The Bertz CT molecular complexity index is 502. The Morgan fingerprint density at radius 3 is 3.00 bits per heavy atom. The molecule has 21 heavy (non-hydrogen) atoms. The van der Waals surface area contributed by atoms with Crippen LogP contribution in [0, 0.1) is 0 Å². The van der Waals surface area contributed by atoms with Crippen molar-refractivity contribution in [3.8, 4) is 0 Å². The highest BCUT2D eigenvalue weighted by atomic mass is 35.5. The lowest BCUT2D eigenvalue weighted by molar-refractivity contribution is 0.0206. The number of carbonyl (C=O) groups is 1. The molecule has 2 heterocycles. The predicted molar refractivity (Wildman–Crippen MR) is 84.0 cm³/mol. The predicted octanol–water partition coefficient (Wildman–Crippen LogP) is 2.86. The Morgan fingerprint density at radius 2 is 2.33 bits per heavy atom. The second kappa shape index (κ2) is 7.09. The summed E-state index contributed by atoms with van der Waals surface area (Å²) in [5.74, 6) is 0.466. The van der Waals surface area contributed by atoms with Crippen molar-refractivity contribution >= 4 is 23.3 Å². The number of hydrogen-bond donors (Lipinski definition) is 2. The lowest BCUT2D eigenvalue weighted by Crippen LogP contribution is -2.40. The molecule has 1 amide bonds. The zero-order valence-corrected chi connectivity index (χ0v) is 13.3. The van der Waals surface area contributed by atoms with Gasteiger partial charge in [0.15, 0.2) is 0 Å². The number of ether oxygens (including phenoxy) is 1. The van der Waals surface area contributed by atoms with Crippen LogP contribution in [-0.4, -0.2) is 36.2 Å². The van der Waals surface area contributed by atoms with Gasteiger partial charge in [0.05, 0.1) is 5.60 Å². The maximum Gasteiger partial charge on any atom is 0.251 e. The fourth-order valence-electron chi connectivity index (χ4n) is 2.32. The van der Waals surface area contributed by atoms with Crippen LogP contribution < -0.4 is 10.6 Å². The van der Waals surface area contributed by atoms with Gasteiger partial charge in [0.2, 0.25) is 0 Å². The van der Waals surface area contributed by atoms with Crippen LogP contribution >= 0.6 is 11.6 Å². The van der Waals surface area contributed by atoms with Crippen molar-refractivity contribution in [2.75, 3.05) is 25.0 Å². The van der Waals surface area contributed by atoms with E-state index in [9.17, 15) is 4.79 Å².